The molecule has 0 saturated carbocycles. The molecule has 1 N–H and O–H groups in total. The number of nitrogens with zero attached hydrogens (tertiary/aromatic N) is 3. The third kappa shape index (κ3) is 5.92. The summed E-state index contributed by atoms with van der Waals surface area (Å²) in [4.78, 5) is 25.5. The molecular formula is C26H24N4O3. The smallest absolute Gasteiger partial charge is 0.244 e. The number of nitrogens with one attached hydrogen (secondary N) is 1. The van der Waals surface area contributed by atoms with Crippen molar-refractivity contribution in [1.29, 1.82) is 0 Å². The molecular weight excluding hydrogens is 416 g/mol. The summed E-state index contributed by atoms with van der Waals surface area (Å²) in [6.45, 7) is 2.90. The second-order valence-electron chi connectivity index (χ2n) is 7.20. The standard InChI is InChI=1S/C26H24N4O3/c1-2-16-32-23-11-5-6-12-24(23)33-26-19(8-7-15-27-26)17-29-25(31)14-13-20-18-28-21-9-3-4-10-22(21)30-20/h3-15,18H,2,16-17H2,1H3,(H,29,31)/b14-13+. The number of amides is 1. The third-order valence-corrected chi connectivity index (χ3v) is 4.69. The molecule has 0 saturated heterocycles. The van der Waals surface area contributed by atoms with E-state index in [1.165, 1.54) is 6.08 Å². The van der Waals surface area contributed by atoms with Crippen LogP contribution in [0.15, 0.2) is 79.1 Å². The minimum absolute atomic E-state index is 0.258. The summed E-state index contributed by atoms with van der Waals surface area (Å²) in [5.74, 6) is 1.38. The molecule has 0 bridgehead atoms. The first-order valence-electron chi connectivity index (χ1n) is 10.7. The van der Waals surface area contributed by atoms with Crippen molar-refractivity contribution in [3.05, 3.63) is 90.4 Å². The molecule has 0 aliphatic heterocycles. The van der Waals surface area contributed by atoms with Gasteiger partial charge in [0.15, 0.2) is 11.5 Å². The summed E-state index contributed by atoms with van der Waals surface area (Å²) in [6.07, 6.45) is 7.25. The Morgan fingerprint density at radius 2 is 1.76 bits per heavy atom. The molecule has 4 rings (SSSR count). The molecule has 0 fully saturated rings. The van der Waals surface area contributed by atoms with Crippen molar-refractivity contribution in [2.75, 3.05) is 6.61 Å². The van der Waals surface area contributed by atoms with Crippen LogP contribution >= 0.6 is 0 Å². The summed E-state index contributed by atoms with van der Waals surface area (Å²) in [7, 11) is 0. The second kappa shape index (κ2) is 10.9. The van der Waals surface area contributed by atoms with Crippen LogP contribution in [-0.4, -0.2) is 27.5 Å². The number of aromatic nitrogens is 3. The highest BCUT2D eigenvalue weighted by atomic mass is 16.5. The normalized spacial score (nSPS) is 10.9. The molecule has 0 atom stereocenters. The molecule has 2 aromatic carbocycles. The van der Waals surface area contributed by atoms with Crippen molar-refractivity contribution in [1.82, 2.24) is 20.3 Å². The number of para-hydroxylation sites is 4. The van der Waals surface area contributed by atoms with Crippen molar-refractivity contribution >= 4 is 23.0 Å². The van der Waals surface area contributed by atoms with Gasteiger partial charge in [0.05, 0.1) is 29.5 Å². The van der Waals surface area contributed by atoms with E-state index in [2.05, 4.69) is 20.3 Å². The van der Waals surface area contributed by atoms with Gasteiger partial charge in [-0.25, -0.2) is 9.97 Å². The summed E-state index contributed by atoms with van der Waals surface area (Å²) in [6, 6.07) is 18.7. The van der Waals surface area contributed by atoms with Gasteiger partial charge in [0, 0.05) is 24.4 Å². The Hall–Kier alpha value is -4.26. The first-order valence-corrected chi connectivity index (χ1v) is 10.7. The van der Waals surface area contributed by atoms with Crippen molar-refractivity contribution < 1.29 is 14.3 Å². The van der Waals surface area contributed by atoms with Gasteiger partial charge in [-0.3, -0.25) is 9.78 Å². The predicted octanol–water partition coefficient (Wildman–Crippen LogP) is 4.94. The maximum Gasteiger partial charge on any atom is 0.244 e. The monoisotopic (exact) mass is 440 g/mol. The van der Waals surface area contributed by atoms with Crippen LogP contribution in [0.25, 0.3) is 17.1 Å². The van der Waals surface area contributed by atoms with Crippen LogP contribution in [0, 0.1) is 0 Å². The quantitative estimate of drug-likeness (QED) is 0.371. The van der Waals surface area contributed by atoms with Crippen LogP contribution < -0.4 is 14.8 Å². The molecule has 166 valence electrons. The summed E-state index contributed by atoms with van der Waals surface area (Å²) in [5.41, 5.74) is 2.94. The fourth-order valence-electron chi connectivity index (χ4n) is 3.07. The van der Waals surface area contributed by atoms with Gasteiger partial charge in [-0.2, -0.15) is 0 Å². The van der Waals surface area contributed by atoms with E-state index in [0.717, 1.165) is 23.0 Å². The molecule has 7 nitrogen and oxygen atoms in total. The van der Waals surface area contributed by atoms with Crippen molar-refractivity contribution in [2.24, 2.45) is 0 Å². The Morgan fingerprint density at radius 3 is 2.61 bits per heavy atom. The van der Waals surface area contributed by atoms with E-state index in [1.807, 2.05) is 61.5 Å². The van der Waals surface area contributed by atoms with Crippen LogP contribution in [0.1, 0.15) is 24.6 Å². The topological polar surface area (TPSA) is 86.2 Å². The van der Waals surface area contributed by atoms with Gasteiger partial charge in [-0.1, -0.05) is 37.3 Å². The molecule has 0 aliphatic rings. The number of hydrogen-bond donors (Lipinski definition) is 1. The molecule has 0 radical (unpaired) electrons. The summed E-state index contributed by atoms with van der Waals surface area (Å²) < 4.78 is 11.8. The lowest BCUT2D eigenvalue weighted by Gasteiger charge is -2.13. The molecule has 0 spiro atoms. The molecule has 0 aliphatic carbocycles. The molecule has 2 aromatic heterocycles. The van der Waals surface area contributed by atoms with E-state index in [-0.39, 0.29) is 12.5 Å². The van der Waals surface area contributed by atoms with Gasteiger partial charge in [0.2, 0.25) is 11.8 Å². The number of benzene rings is 2. The lowest BCUT2D eigenvalue weighted by molar-refractivity contribution is -0.116. The van der Waals surface area contributed by atoms with Crippen LogP contribution in [-0.2, 0) is 11.3 Å². The van der Waals surface area contributed by atoms with Crippen molar-refractivity contribution in [2.45, 2.75) is 19.9 Å². The van der Waals surface area contributed by atoms with Gasteiger partial charge >= 0.3 is 0 Å². The number of carbonyl (C=O) groups excluding carboxylic acids is 1. The number of rotatable bonds is 9. The second-order valence-corrected chi connectivity index (χ2v) is 7.20. The number of hydrogen-bond acceptors (Lipinski definition) is 6. The zero-order chi connectivity index (χ0) is 22.9. The Kier molecular flexibility index (Phi) is 7.22. The zero-order valence-electron chi connectivity index (χ0n) is 18.3. The molecule has 7 heteroatoms. The summed E-state index contributed by atoms with van der Waals surface area (Å²) >= 11 is 0. The first-order chi connectivity index (χ1) is 16.2. The fourth-order valence-corrected chi connectivity index (χ4v) is 3.07. The molecule has 0 unspecified atom stereocenters. The predicted molar refractivity (Wildman–Crippen MR) is 127 cm³/mol. The highest BCUT2D eigenvalue weighted by Gasteiger charge is 2.11. The summed E-state index contributed by atoms with van der Waals surface area (Å²) in [5, 5.41) is 2.86. The van der Waals surface area contributed by atoms with E-state index in [9.17, 15) is 4.79 Å². The molecule has 4 aromatic rings. The average molecular weight is 441 g/mol. The fraction of sp³-hybridized carbons (Fsp3) is 0.154. The van der Waals surface area contributed by atoms with Crippen molar-refractivity contribution in [3.8, 4) is 17.4 Å². The Balaban J connectivity index is 1.40. The van der Waals surface area contributed by atoms with Crippen LogP contribution in [0.2, 0.25) is 0 Å². The molecule has 1 amide bonds. The lowest BCUT2D eigenvalue weighted by Crippen LogP contribution is -2.20. The van der Waals surface area contributed by atoms with E-state index in [4.69, 9.17) is 9.47 Å². The number of fused-ring (bicyclic) bond motifs is 1. The van der Waals surface area contributed by atoms with E-state index in [0.29, 0.717) is 29.7 Å². The number of pyridine rings is 1. The SMILES string of the molecule is CCCOc1ccccc1Oc1ncccc1CNC(=O)/C=C/c1cnc2ccccc2n1. The maximum atomic E-state index is 12.4. The molecule has 2 heterocycles. The zero-order valence-corrected chi connectivity index (χ0v) is 18.3. The maximum absolute atomic E-state index is 12.4. The Labute approximate surface area is 192 Å². The number of carbonyl (C=O) groups is 1. The highest BCUT2D eigenvalue weighted by Crippen LogP contribution is 2.31. The van der Waals surface area contributed by atoms with Crippen LogP contribution in [0.5, 0.6) is 17.4 Å². The van der Waals surface area contributed by atoms with Gasteiger partial charge in [0.25, 0.3) is 0 Å². The Morgan fingerprint density at radius 1 is 0.970 bits per heavy atom. The van der Waals surface area contributed by atoms with Gasteiger partial charge in [-0.15, -0.1) is 0 Å². The van der Waals surface area contributed by atoms with Crippen LogP contribution in [0.3, 0.4) is 0 Å². The minimum atomic E-state index is -0.258. The van der Waals surface area contributed by atoms with Gasteiger partial charge < -0.3 is 14.8 Å². The lowest BCUT2D eigenvalue weighted by atomic mass is 10.2. The first kappa shape index (κ1) is 22.0. The van der Waals surface area contributed by atoms with E-state index < -0.39 is 0 Å². The largest absolute Gasteiger partial charge is 0.490 e. The van der Waals surface area contributed by atoms with Gasteiger partial charge in [-0.05, 0) is 42.8 Å². The van der Waals surface area contributed by atoms with E-state index >= 15 is 0 Å². The highest BCUT2D eigenvalue weighted by molar-refractivity contribution is 5.91. The molecule has 33 heavy (non-hydrogen) atoms. The van der Waals surface area contributed by atoms with Crippen LogP contribution in [0.4, 0.5) is 0 Å². The third-order valence-electron chi connectivity index (χ3n) is 4.69. The number of ether oxygens (including phenoxy) is 2. The minimum Gasteiger partial charge on any atom is -0.490 e. The Bertz CT molecular complexity index is 1270. The van der Waals surface area contributed by atoms with Gasteiger partial charge in [0.1, 0.15) is 0 Å². The average Bonchev–Trinajstić information content (AvgIpc) is 2.86. The van der Waals surface area contributed by atoms with Crippen molar-refractivity contribution in [3.63, 3.8) is 0 Å². The van der Waals surface area contributed by atoms with E-state index in [1.54, 1.807) is 24.5 Å².